The fraction of sp³-hybridized carbons (Fsp3) is 0.500. The SMILES string of the molecule is CC(C)NC(=O)c1ccc2c(c1)CC(N(CC(=O)NC(C)(C)C)S(=O)(=O)c1cn(C)cn1)CN2Cc1cncn1C. The summed E-state index contributed by atoms with van der Waals surface area (Å²) < 4.78 is 32.7. The molecule has 1 aliphatic rings. The van der Waals surface area contributed by atoms with E-state index in [1.54, 1.807) is 30.2 Å². The third kappa shape index (κ3) is 7.14. The zero-order valence-corrected chi connectivity index (χ0v) is 25.6. The van der Waals surface area contributed by atoms with E-state index in [1.807, 2.05) is 58.4 Å². The van der Waals surface area contributed by atoms with Crippen LogP contribution in [0.25, 0.3) is 0 Å². The summed E-state index contributed by atoms with van der Waals surface area (Å²) in [6.45, 7) is 9.74. The Morgan fingerprint density at radius 3 is 2.49 bits per heavy atom. The van der Waals surface area contributed by atoms with Crippen molar-refractivity contribution in [3.05, 3.63) is 60.1 Å². The second-order valence-corrected chi connectivity index (χ2v) is 13.8. The molecule has 4 rings (SSSR count). The number of amides is 2. The molecule has 0 spiro atoms. The number of sulfonamides is 1. The maximum absolute atomic E-state index is 14.0. The Kier molecular flexibility index (Phi) is 8.59. The Morgan fingerprint density at radius 1 is 1.17 bits per heavy atom. The molecule has 1 aromatic carbocycles. The van der Waals surface area contributed by atoms with Crippen molar-refractivity contribution in [2.75, 3.05) is 18.0 Å². The largest absolute Gasteiger partial charge is 0.364 e. The molecular formula is C28H40N8O4S. The van der Waals surface area contributed by atoms with E-state index in [0.717, 1.165) is 16.9 Å². The molecule has 0 saturated carbocycles. The molecule has 41 heavy (non-hydrogen) atoms. The number of hydrogen-bond acceptors (Lipinski definition) is 7. The van der Waals surface area contributed by atoms with Crippen molar-refractivity contribution in [1.29, 1.82) is 0 Å². The average molecular weight is 585 g/mol. The van der Waals surface area contributed by atoms with Crippen LogP contribution >= 0.6 is 0 Å². The van der Waals surface area contributed by atoms with E-state index in [-0.39, 0.29) is 23.5 Å². The van der Waals surface area contributed by atoms with Crippen molar-refractivity contribution in [2.24, 2.45) is 14.1 Å². The molecule has 2 amide bonds. The van der Waals surface area contributed by atoms with Gasteiger partial charge < -0.3 is 24.7 Å². The number of carbonyl (C=O) groups excluding carboxylic acids is 2. The van der Waals surface area contributed by atoms with Gasteiger partial charge in [-0.3, -0.25) is 9.59 Å². The molecule has 0 saturated heterocycles. The molecule has 222 valence electrons. The lowest BCUT2D eigenvalue weighted by Crippen LogP contribution is -2.55. The van der Waals surface area contributed by atoms with Crippen LogP contribution in [0.2, 0.25) is 0 Å². The van der Waals surface area contributed by atoms with Crippen molar-refractivity contribution in [1.82, 2.24) is 34.0 Å². The number of fused-ring (bicyclic) bond motifs is 1. The Morgan fingerprint density at radius 2 is 1.90 bits per heavy atom. The highest BCUT2D eigenvalue weighted by atomic mass is 32.2. The molecule has 1 atom stereocenters. The van der Waals surface area contributed by atoms with Crippen LogP contribution in [0.5, 0.6) is 0 Å². The number of imidazole rings is 2. The monoisotopic (exact) mass is 584 g/mol. The van der Waals surface area contributed by atoms with Gasteiger partial charge in [-0.25, -0.2) is 18.4 Å². The first-order valence-electron chi connectivity index (χ1n) is 13.6. The molecule has 0 radical (unpaired) electrons. The number of hydrogen-bond donors (Lipinski definition) is 2. The Balaban J connectivity index is 1.77. The minimum Gasteiger partial charge on any atom is -0.364 e. The number of aryl methyl sites for hydroxylation is 2. The summed E-state index contributed by atoms with van der Waals surface area (Å²) in [6.07, 6.45) is 6.65. The number of anilines is 1. The van der Waals surface area contributed by atoms with Gasteiger partial charge in [0.15, 0.2) is 5.03 Å². The number of benzene rings is 1. The van der Waals surface area contributed by atoms with Crippen molar-refractivity contribution in [3.63, 3.8) is 0 Å². The topological polar surface area (TPSA) is 134 Å². The van der Waals surface area contributed by atoms with Gasteiger partial charge in [0.25, 0.3) is 15.9 Å². The number of nitrogens with zero attached hydrogens (tertiary/aromatic N) is 6. The number of aromatic nitrogens is 4. The van der Waals surface area contributed by atoms with E-state index >= 15 is 0 Å². The predicted molar refractivity (Wildman–Crippen MR) is 156 cm³/mol. The zero-order chi connectivity index (χ0) is 30.1. The summed E-state index contributed by atoms with van der Waals surface area (Å²) in [5.74, 6) is -0.614. The summed E-state index contributed by atoms with van der Waals surface area (Å²) in [5.41, 5.74) is 2.60. The summed E-state index contributed by atoms with van der Waals surface area (Å²) in [7, 11) is -0.557. The van der Waals surface area contributed by atoms with Crippen LogP contribution < -0.4 is 15.5 Å². The maximum Gasteiger partial charge on any atom is 0.262 e. The van der Waals surface area contributed by atoms with Gasteiger partial charge in [-0.1, -0.05) is 0 Å². The molecule has 12 nitrogen and oxygen atoms in total. The van der Waals surface area contributed by atoms with Gasteiger partial charge in [-0.05, 0) is 64.8 Å². The molecule has 2 aromatic heterocycles. The van der Waals surface area contributed by atoms with Crippen molar-refractivity contribution < 1.29 is 18.0 Å². The summed E-state index contributed by atoms with van der Waals surface area (Å²) >= 11 is 0. The third-order valence-corrected chi connectivity index (χ3v) is 8.52. The maximum atomic E-state index is 14.0. The molecule has 1 unspecified atom stereocenters. The van der Waals surface area contributed by atoms with Gasteiger partial charge in [0.05, 0.1) is 31.4 Å². The highest BCUT2D eigenvalue weighted by molar-refractivity contribution is 7.89. The van der Waals surface area contributed by atoms with Crippen LogP contribution in [0.1, 0.15) is 56.2 Å². The van der Waals surface area contributed by atoms with Crippen molar-refractivity contribution >= 4 is 27.5 Å². The predicted octanol–water partition coefficient (Wildman–Crippen LogP) is 1.83. The van der Waals surface area contributed by atoms with E-state index in [1.165, 1.54) is 16.8 Å². The first-order chi connectivity index (χ1) is 19.1. The van der Waals surface area contributed by atoms with Crippen LogP contribution in [-0.4, -0.2) is 74.4 Å². The van der Waals surface area contributed by atoms with E-state index < -0.39 is 27.5 Å². The van der Waals surface area contributed by atoms with E-state index in [0.29, 0.717) is 25.1 Å². The molecule has 3 aromatic rings. The summed E-state index contributed by atoms with van der Waals surface area (Å²) in [5, 5.41) is 5.67. The molecule has 13 heteroatoms. The number of rotatable bonds is 9. The van der Waals surface area contributed by atoms with Gasteiger partial charge in [0.1, 0.15) is 0 Å². The molecule has 0 aliphatic carbocycles. The van der Waals surface area contributed by atoms with E-state index in [2.05, 4.69) is 25.5 Å². The minimum atomic E-state index is -4.15. The first-order valence-corrected chi connectivity index (χ1v) is 15.0. The minimum absolute atomic E-state index is 0.0343. The lowest BCUT2D eigenvalue weighted by atomic mass is 9.95. The van der Waals surface area contributed by atoms with Gasteiger partial charge in [0.2, 0.25) is 5.91 Å². The second-order valence-electron chi connectivity index (χ2n) is 11.9. The lowest BCUT2D eigenvalue weighted by Gasteiger charge is -2.40. The standard InChI is InChI=1S/C28H40N8O4S/c1-19(2)31-27(38)20-8-9-24-21(10-20)11-22(13-35(24)14-23-12-29-17-34(23)7)36(15-25(37)32-28(3,4)5)41(39,40)26-16-33(6)18-30-26/h8-10,12,16-19,22H,11,13-15H2,1-7H3,(H,31,38)(H,32,37). The fourth-order valence-electron chi connectivity index (χ4n) is 4.94. The lowest BCUT2D eigenvalue weighted by molar-refractivity contribution is -0.123. The highest BCUT2D eigenvalue weighted by Crippen LogP contribution is 2.33. The summed E-state index contributed by atoms with van der Waals surface area (Å²) in [6, 6.07) is 4.86. The quantitative estimate of drug-likeness (QED) is 0.392. The number of carbonyl (C=O) groups is 2. The molecule has 3 heterocycles. The molecule has 2 N–H and O–H groups in total. The fourth-order valence-corrected chi connectivity index (χ4v) is 6.48. The molecule has 0 bridgehead atoms. The Bertz CT molecular complexity index is 1520. The van der Waals surface area contributed by atoms with Crippen molar-refractivity contribution in [3.8, 4) is 0 Å². The highest BCUT2D eigenvalue weighted by Gasteiger charge is 2.39. The third-order valence-electron chi connectivity index (χ3n) is 6.73. The van der Waals surface area contributed by atoms with Crippen LogP contribution in [0.15, 0.2) is 48.3 Å². The van der Waals surface area contributed by atoms with Gasteiger partial charge in [-0.15, -0.1) is 0 Å². The van der Waals surface area contributed by atoms with Gasteiger partial charge in [0, 0.05) is 61.9 Å². The van der Waals surface area contributed by atoms with Crippen LogP contribution in [0.4, 0.5) is 5.69 Å². The zero-order valence-electron chi connectivity index (χ0n) is 24.7. The van der Waals surface area contributed by atoms with Gasteiger partial charge in [-0.2, -0.15) is 4.31 Å². The van der Waals surface area contributed by atoms with Crippen LogP contribution in [-0.2, 0) is 41.9 Å². The van der Waals surface area contributed by atoms with E-state index in [9.17, 15) is 18.0 Å². The first kappa shape index (κ1) is 30.3. The van der Waals surface area contributed by atoms with E-state index in [4.69, 9.17) is 0 Å². The van der Waals surface area contributed by atoms with Gasteiger partial charge >= 0.3 is 0 Å². The summed E-state index contributed by atoms with van der Waals surface area (Å²) in [4.78, 5) is 36.4. The smallest absolute Gasteiger partial charge is 0.262 e. The molecular weight excluding hydrogens is 544 g/mol. The molecule has 1 aliphatic heterocycles. The van der Waals surface area contributed by atoms with Crippen molar-refractivity contribution in [2.45, 2.75) is 70.2 Å². The number of nitrogens with one attached hydrogen (secondary N) is 2. The van der Waals surface area contributed by atoms with Crippen LogP contribution in [0, 0.1) is 0 Å². The molecule has 0 fully saturated rings. The van der Waals surface area contributed by atoms with Crippen LogP contribution in [0.3, 0.4) is 0 Å². The normalized spacial score (nSPS) is 15.7. The average Bonchev–Trinajstić information content (AvgIpc) is 3.48. The second kappa shape index (κ2) is 11.6. The Hall–Kier alpha value is -3.71. The Labute approximate surface area is 241 Å².